The van der Waals surface area contributed by atoms with Crippen LogP contribution in [0, 0.1) is 0 Å². The lowest BCUT2D eigenvalue weighted by Gasteiger charge is -2.07. The third kappa shape index (κ3) is 3.36. The third-order valence-electron chi connectivity index (χ3n) is 8.20. The van der Waals surface area contributed by atoms with E-state index in [2.05, 4.69) is 120 Å². The van der Waals surface area contributed by atoms with Crippen molar-refractivity contribution in [1.82, 2.24) is 14.5 Å². The molecule has 4 nitrogen and oxygen atoms in total. The van der Waals surface area contributed by atoms with Crippen molar-refractivity contribution in [3.05, 3.63) is 140 Å². The number of para-hydroxylation sites is 5. The van der Waals surface area contributed by atoms with Gasteiger partial charge < -0.3 is 8.98 Å². The predicted molar refractivity (Wildman–Crippen MR) is 172 cm³/mol. The monoisotopic (exact) mass is 537 g/mol. The Bertz CT molecular complexity index is 2470. The molecule has 196 valence electrons. The summed E-state index contributed by atoms with van der Waals surface area (Å²) in [6.07, 6.45) is 0. The maximum Gasteiger partial charge on any atom is 0.144 e. The summed E-state index contributed by atoms with van der Waals surface area (Å²) in [5.74, 6) is 0. The van der Waals surface area contributed by atoms with Gasteiger partial charge in [0.1, 0.15) is 11.2 Å². The van der Waals surface area contributed by atoms with Gasteiger partial charge in [0.2, 0.25) is 0 Å². The molecule has 0 spiro atoms. The minimum atomic E-state index is 0.833. The highest BCUT2D eigenvalue weighted by atomic mass is 16.3. The molecule has 4 aromatic heterocycles. The fourth-order valence-corrected chi connectivity index (χ4v) is 6.27. The van der Waals surface area contributed by atoms with Gasteiger partial charge in [-0.1, -0.05) is 84.9 Å². The Morgan fingerprint density at radius 2 is 1.10 bits per heavy atom. The Labute approximate surface area is 241 Å². The summed E-state index contributed by atoms with van der Waals surface area (Å²) < 4.78 is 9.01. The zero-order chi connectivity index (χ0) is 27.6. The van der Waals surface area contributed by atoms with E-state index in [4.69, 9.17) is 14.4 Å². The van der Waals surface area contributed by atoms with E-state index in [1.54, 1.807) is 0 Å². The lowest BCUT2D eigenvalue weighted by molar-refractivity contribution is 0.670. The number of hydrogen-bond acceptors (Lipinski definition) is 3. The molecule has 4 heteroatoms. The molecule has 0 atom stereocenters. The van der Waals surface area contributed by atoms with Crippen molar-refractivity contribution in [2.24, 2.45) is 0 Å². The summed E-state index contributed by atoms with van der Waals surface area (Å²) in [5, 5.41) is 4.38. The van der Waals surface area contributed by atoms with Gasteiger partial charge in [-0.15, -0.1) is 0 Å². The topological polar surface area (TPSA) is 43.9 Å². The maximum absolute atomic E-state index is 6.72. The van der Waals surface area contributed by atoms with Crippen molar-refractivity contribution < 1.29 is 4.42 Å². The van der Waals surface area contributed by atoms with Crippen LogP contribution in [0.3, 0.4) is 0 Å². The number of pyridine rings is 2. The molecule has 5 aromatic carbocycles. The Kier molecular flexibility index (Phi) is 4.87. The van der Waals surface area contributed by atoms with Crippen molar-refractivity contribution in [3.63, 3.8) is 0 Å². The van der Waals surface area contributed by atoms with Gasteiger partial charge in [-0.05, 0) is 54.6 Å². The molecule has 0 aliphatic rings. The zero-order valence-electron chi connectivity index (χ0n) is 22.5. The molecule has 0 saturated carbocycles. The van der Waals surface area contributed by atoms with Crippen LogP contribution in [0.5, 0.6) is 0 Å². The Morgan fingerprint density at radius 3 is 1.90 bits per heavy atom. The number of fused-ring (bicyclic) bond motifs is 7. The van der Waals surface area contributed by atoms with E-state index in [1.807, 2.05) is 24.3 Å². The molecule has 0 radical (unpaired) electrons. The van der Waals surface area contributed by atoms with E-state index in [9.17, 15) is 0 Å². The number of rotatable bonds is 3. The number of hydrogen-bond donors (Lipinski definition) is 0. The SMILES string of the molecule is c1ccc(-n2c3ccccc3c3nc(-c4cccc5c4oc4c(-c6ccc7ccccc7n6)cccc45)ccc32)cc1. The molecule has 0 unspecified atom stereocenters. The number of aromatic nitrogens is 3. The fourth-order valence-electron chi connectivity index (χ4n) is 6.27. The summed E-state index contributed by atoms with van der Waals surface area (Å²) in [6, 6.07) is 48.2. The molecule has 0 aliphatic heterocycles. The number of benzene rings is 5. The van der Waals surface area contributed by atoms with Crippen LogP contribution in [0.15, 0.2) is 144 Å². The molecule has 0 amide bonds. The third-order valence-corrected chi connectivity index (χ3v) is 8.20. The molecular formula is C38H23N3O. The van der Waals surface area contributed by atoms with Crippen LogP contribution in [-0.4, -0.2) is 14.5 Å². The van der Waals surface area contributed by atoms with Gasteiger partial charge in [-0.2, -0.15) is 0 Å². The van der Waals surface area contributed by atoms with Gasteiger partial charge in [0, 0.05) is 38.4 Å². The van der Waals surface area contributed by atoms with Crippen LogP contribution < -0.4 is 0 Å². The lowest BCUT2D eigenvalue weighted by atomic mass is 10.0. The standard InChI is InChI=1S/C38H23N3O/c1-2-11-25(12-3-1)41-34-19-7-5-13-30(34)36-35(41)23-22-33(40-36)29-17-9-15-27-26-14-8-16-28(37(26)42-38(27)29)32-21-20-24-10-4-6-18-31(24)39-32/h1-23H. The maximum atomic E-state index is 6.72. The first-order valence-electron chi connectivity index (χ1n) is 14.1. The van der Waals surface area contributed by atoms with Crippen LogP contribution in [0.25, 0.3) is 83.0 Å². The second-order valence-corrected chi connectivity index (χ2v) is 10.6. The fraction of sp³-hybridized carbons (Fsp3) is 0. The zero-order valence-corrected chi connectivity index (χ0v) is 22.5. The van der Waals surface area contributed by atoms with Crippen molar-refractivity contribution in [2.75, 3.05) is 0 Å². The normalized spacial score (nSPS) is 11.8. The summed E-state index contributed by atoms with van der Waals surface area (Å²) in [5.41, 5.74) is 10.7. The van der Waals surface area contributed by atoms with E-state index < -0.39 is 0 Å². The highest BCUT2D eigenvalue weighted by molar-refractivity contribution is 6.13. The summed E-state index contributed by atoms with van der Waals surface area (Å²) in [4.78, 5) is 10.2. The van der Waals surface area contributed by atoms with Crippen molar-refractivity contribution >= 4 is 54.8 Å². The Balaban J connectivity index is 1.27. The van der Waals surface area contributed by atoms with Crippen LogP contribution >= 0.6 is 0 Å². The average Bonchev–Trinajstić information content (AvgIpc) is 3.60. The van der Waals surface area contributed by atoms with Crippen molar-refractivity contribution in [3.8, 4) is 28.2 Å². The van der Waals surface area contributed by atoms with Crippen LogP contribution in [0.2, 0.25) is 0 Å². The largest absolute Gasteiger partial charge is 0.455 e. The van der Waals surface area contributed by atoms with Gasteiger partial charge in [0.05, 0.1) is 33.5 Å². The van der Waals surface area contributed by atoms with E-state index >= 15 is 0 Å². The van der Waals surface area contributed by atoms with Crippen LogP contribution in [0.4, 0.5) is 0 Å². The Morgan fingerprint density at radius 1 is 0.452 bits per heavy atom. The highest BCUT2D eigenvalue weighted by Crippen LogP contribution is 2.40. The molecule has 9 rings (SSSR count). The first kappa shape index (κ1) is 23.0. The minimum absolute atomic E-state index is 0.833. The second-order valence-electron chi connectivity index (χ2n) is 10.6. The van der Waals surface area contributed by atoms with E-state index in [1.165, 1.54) is 0 Å². The molecule has 0 N–H and O–H groups in total. The first-order valence-corrected chi connectivity index (χ1v) is 14.1. The predicted octanol–water partition coefficient (Wildman–Crippen LogP) is 9.96. The number of nitrogens with zero attached hydrogens (tertiary/aromatic N) is 3. The molecule has 0 fully saturated rings. The van der Waals surface area contributed by atoms with Crippen molar-refractivity contribution in [1.29, 1.82) is 0 Å². The van der Waals surface area contributed by atoms with Crippen molar-refractivity contribution in [2.45, 2.75) is 0 Å². The molecule has 0 aliphatic carbocycles. The van der Waals surface area contributed by atoms with Gasteiger partial charge in [0.15, 0.2) is 0 Å². The minimum Gasteiger partial charge on any atom is -0.455 e. The first-order chi connectivity index (χ1) is 20.8. The van der Waals surface area contributed by atoms with Gasteiger partial charge in [0.25, 0.3) is 0 Å². The molecule has 4 heterocycles. The Hall–Kier alpha value is -5.74. The quantitative estimate of drug-likeness (QED) is 0.225. The summed E-state index contributed by atoms with van der Waals surface area (Å²) in [6.45, 7) is 0. The molecule has 0 saturated heterocycles. The average molecular weight is 538 g/mol. The summed E-state index contributed by atoms with van der Waals surface area (Å²) >= 11 is 0. The number of furan rings is 1. The highest BCUT2D eigenvalue weighted by Gasteiger charge is 2.19. The van der Waals surface area contributed by atoms with Gasteiger partial charge >= 0.3 is 0 Å². The van der Waals surface area contributed by atoms with E-state index in [-0.39, 0.29) is 0 Å². The van der Waals surface area contributed by atoms with E-state index in [0.717, 1.165) is 83.0 Å². The van der Waals surface area contributed by atoms with Gasteiger partial charge in [-0.25, -0.2) is 9.97 Å². The molecule has 9 aromatic rings. The smallest absolute Gasteiger partial charge is 0.144 e. The summed E-state index contributed by atoms with van der Waals surface area (Å²) in [7, 11) is 0. The van der Waals surface area contributed by atoms with E-state index in [0.29, 0.717) is 0 Å². The lowest BCUT2D eigenvalue weighted by Crippen LogP contribution is -1.93. The van der Waals surface area contributed by atoms with Gasteiger partial charge in [-0.3, -0.25) is 0 Å². The second kappa shape index (κ2) is 8.88. The molecule has 0 bridgehead atoms. The molecular weight excluding hydrogens is 514 g/mol. The van der Waals surface area contributed by atoms with Crippen LogP contribution in [0.1, 0.15) is 0 Å². The molecule has 42 heavy (non-hydrogen) atoms. The van der Waals surface area contributed by atoms with Crippen LogP contribution in [-0.2, 0) is 0 Å².